The number of rotatable bonds is 8. The van der Waals surface area contributed by atoms with Gasteiger partial charge in [0.2, 0.25) is 11.0 Å². The van der Waals surface area contributed by atoms with Crippen molar-refractivity contribution in [3.8, 4) is 0 Å². The van der Waals surface area contributed by atoms with Crippen LogP contribution in [-0.2, 0) is 4.79 Å². The number of aryl methyl sites for hydroxylation is 1. The third-order valence-electron chi connectivity index (χ3n) is 4.66. The summed E-state index contributed by atoms with van der Waals surface area (Å²) in [5.41, 5.74) is 2.99. The van der Waals surface area contributed by atoms with Gasteiger partial charge in [0.1, 0.15) is 5.82 Å². The molecule has 1 saturated carbocycles. The van der Waals surface area contributed by atoms with E-state index in [2.05, 4.69) is 52.0 Å². The molecular formula is C21H21FN4OS2. The van der Waals surface area contributed by atoms with Crippen LogP contribution in [0, 0.1) is 18.7 Å². The largest absolute Gasteiger partial charge is 0.348 e. The number of nitrogens with zero attached hydrogens (tertiary/aromatic N) is 2. The molecule has 0 saturated heterocycles. The Kier molecular flexibility index (Phi) is 6.10. The minimum absolute atomic E-state index is 0.0117. The summed E-state index contributed by atoms with van der Waals surface area (Å²) >= 11 is 2.69. The van der Waals surface area contributed by atoms with Gasteiger partial charge in [-0.15, -0.1) is 10.2 Å². The lowest BCUT2D eigenvalue weighted by atomic mass is 10.0. The predicted octanol–water partition coefficient (Wildman–Crippen LogP) is 5.09. The van der Waals surface area contributed by atoms with Crippen molar-refractivity contribution in [1.82, 2.24) is 15.5 Å². The van der Waals surface area contributed by atoms with E-state index in [1.54, 1.807) is 12.1 Å². The zero-order valence-electron chi connectivity index (χ0n) is 15.9. The molecule has 0 radical (unpaired) electrons. The summed E-state index contributed by atoms with van der Waals surface area (Å²) in [5.74, 6) is 0.478. The van der Waals surface area contributed by atoms with E-state index in [1.165, 1.54) is 40.8 Å². The van der Waals surface area contributed by atoms with Gasteiger partial charge in [-0.3, -0.25) is 4.79 Å². The van der Waals surface area contributed by atoms with Gasteiger partial charge in [-0.25, -0.2) is 4.39 Å². The number of anilines is 2. The standard InChI is InChI=1S/C21H21FN4OS2/c1-13-5-7-14(8-6-13)19(15-9-10-15)24-18(27)12-28-21-26-25-20(29-21)23-17-4-2-3-16(22)11-17/h2-8,11,15,19H,9-10,12H2,1H3,(H,23,25)(H,24,27). The number of aromatic nitrogens is 2. The molecule has 8 heteroatoms. The predicted molar refractivity (Wildman–Crippen MR) is 115 cm³/mol. The van der Waals surface area contributed by atoms with Crippen molar-refractivity contribution in [2.45, 2.75) is 30.1 Å². The number of hydrogen-bond donors (Lipinski definition) is 2. The molecule has 3 aromatic rings. The lowest BCUT2D eigenvalue weighted by molar-refractivity contribution is -0.119. The van der Waals surface area contributed by atoms with E-state index in [0.29, 0.717) is 21.1 Å². The second-order valence-electron chi connectivity index (χ2n) is 7.09. The topological polar surface area (TPSA) is 66.9 Å². The molecule has 2 aromatic carbocycles. The fraction of sp³-hybridized carbons (Fsp3) is 0.286. The van der Waals surface area contributed by atoms with Crippen molar-refractivity contribution in [1.29, 1.82) is 0 Å². The van der Waals surface area contributed by atoms with Crippen LogP contribution >= 0.6 is 23.1 Å². The van der Waals surface area contributed by atoms with Gasteiger partial charge in [-0.2, -0.15) is 0 Å². The summed E-state index contributed by atoms with van der Waals surface area (Å²) in [6.07, 6.45) is 2.30. The molecule has 4 rings (SSSR count). The van der Waals surface area contributed by atoms with E-state index in [4.69, 9.17) is 0 Å². The summed E-state index contributed by atoms with van der Waals surface area (Å²) in [7, 11) is 0. The number of carbonyl (C=O) groups excluding carboxylic acids is 1. The third kappa shape index (κ3) is 5.55. The first kappa shape index (κ1) is 19.8. The van der Waals surface area contributed by atoms with E-state index in [-0.39, 0.29) is 23.5 Å². The van der Waals surface area contributed by atoms with E-state index < -0.39 is 0 Å². The number of benzene rings is 2. The van der Waals surface area contributed by atoms with Crippen molar-refractivity contribution < 1.29 is 9.18 Å². The van der Waals surface area contributed by atoms with Crippen LogP contribution in [0.3, 0.4) is 0 Å². The molecule has 0 bridgehead atoms. The number of thioether (sulfide) groups is 1. The van der Waals surface area contributed by atoms with Gasteiger partial charge in [0.15, 0.2) is 4.34 Å². The molecule has 1 unspecified atom stereocenters. The Balaban J connectivity index is 1.31. The van der Waals surface area contributed by atoms with Gasteiger partial charge < -0.3 is 10.6 Å². The SMILES string of the molecule is Cc1ccc(C(NC(=O)CSc2nnc(Nc3cccc(F)c3)s2)C2CC2)cc1. The van der Waals surface area contributed by atoms with Gasteiger partial charge in [-0.1, -0.05) is 59.0 Å². The molecule has 1 heterocycles. The highest BCUT2D eigenvalue weighted by Gasteiger charge is 2.33. The number of nitrogens with one attached hydrogen (secondary N) is 2. The van der Waals surface area contributed by atoms with Crippen LogP contribution in [0.25, 0.3) is 0 Å². The molecule has 1 amide bonds. The molecule has 1 aromatic heterocycles. The van der Waals surface area contributed by atoms with Crippen molar-refractivity contribution >= 4 is 39.8 Å². The molecule has 0 spiro atoms. The van der Waals surface area contributed by atoms with Crippen LogP contribution in [-0.4, -0.2) is 21.9 Å². The lowest BCUT2D eigenvalue weighted by Crippen LogP contribution is -2.31. The summed E-state index contributed by atoms with van der Waals surface area (Å²) in [5, 5.41) is 14.9. The minimum atomic E-state index is -0.315. The van der Waals surface area contributed by atoms with Crippen LogP contribution < -0.4 is 10.6 Å². The van der Waals surface area contributed by atoms with Crippen LogP contribution in [0.15, 0.2) is 52.9 Å². The number of halogens is 1. The average Bonchev–Trinajstić information content (AvgIpc) is 3.45. The minimum Gasteiger partial charge on any atom is -0.348 e. The first-order valence-electron chi connectivity index (χ1n) is 9.41. The maximum atomic E-state index is 13.3. The molecule has 1 atom stereocenters. The van der Waals surface area contributed by atoms with E-state index in [1.807, 2.05) is 0 Å². The van der Waals surface area contributed by atoms with Gasteiger partial charge >= 0.3 is 0 Å². The second kappa shape index (κ2) is 8.92. The lowest BCUT2D eigenvalue weighted by Gasteiger charge is -2.18. The van der Waals surface area contributed by atoms with Crippen molar-refractivity contribution in [2.24, 2.45) is 5.92 Å². The van der Waals surface area contributed by atoms with Crippen molar-refractivity contribution in [2.75, 3.05) is 11.1 Å². The van der Waals surface area contributed by atoms with Gasteiger partial charge in [0.25, 0.3) is 0 Å². The molecule has 29 heavy (non-hydrogen) atoms. The van der Waals surface area contributed by atoms with Crippen LogP contribution in [0.4, 0.5) is 15.2 Å². The molecule has 1 fully saturated rings. The molecule has 0 aliphatic heterocycles. The van der Waals surface area contributed by atoms with Crippen LogP contribution in [0.1, 0.15) is 30.0 Å². The fourth-order valence-electron chi connectivity index (χ4n) is 3.03. The van der Waals surface area contributed by atoms with Gasteiger partial charge in [0.05, 0.1) is 11.8 Å². The van der Waals surface area contributed by atoms with E-state index in [0.717, 1.165) is 18.4 Å². The maximum absolute atomic E-state index is 13.3. The Labute approximate surface area is 177 Å². The highest BCUT2D eigenvalue weighted by Crippen LogP contribution is 2.41. The average molecular weight is 429 g/mol. The highest BCUT2D eigenvalue weighted by molar-refractivity contribution is 8.01. The molecule has 5 nitrogen and oxygen atoms in total. The summed E-state index contributed by atoms with van der Waals surface area (Å²) in [6.45, 7) is 2.06. The Morgan fingerprint density at radius 1 is 1.24 bits per heavy atom. The third-order valence-corrected chi connectivity index (χ3v) is 6.63. The number of carbonyl (C=O) groups is 1. The molecule has 1 aliphatic rings. The summed E-state index contributed by atoms with van der Waals surface area (Å²) in [4.78, 5) is 12.5. The van der Waals surface area contributed by atoms with Crippen molar-refractivity contribution in [3.63, 3.8) is 0 Å². The van der Waals surface area contributed by atoms with Gasteiger partial charge in [0, 0.05) is 5.69 Å². The molecule has 2 N–H and O–H groups in total. The van der Waals surface area contributed by atoms with E-state index in [9.17, 15) is 9.18 Å². The zero-order valence-corrected chi connectivity index (χ0v) is 17.5. The number of amides is 1. The monoisotopic (exact) mass is 428 g/mol. The Morgan fingerprint density at radius 2 is 2.03 bits per heavy atom. The Bertz CT molecular complexity index is 988. The summed E-state index contributed by atoms with van der Waals surface area (Å²) < 4.78 is 14.0. The Morgan fingerprint density at radius 3 is 2.76 bits per heavy atom. The first-order chi connectivity index (χ1) is 14.1. The normalized spacial score (nSPS) is 14.4. The van der Waals surface area contributed by atoms with Crippen molar-refractivity contribution in [3.05, 3.63) is 65.5 Å². The molecule has 1 aliphatic carbocycles. The van der Waals surface area contributed by atoms with Gasteiger partial charge in [-0.05, 0) is 49.4 Å². The quantitative estimate of drug-likeness (QED) is 0.489. The summed E-state index contributed by atoms with van der Waals surface area (Å²) in [6, 6.07) is 14.6. The Hall–Kier alpha value is -2.45. The van der Waals surface area contributed by atoms with Crippen LogP contribution in [0.5, 0.6) is 0 Å². The zero-order chi connectivity index (χ0) is 20.2. The smallest absolute Gasteiger partial charge is 0.230 e. The first-order valence-corrected chi connectivity index (χ1v) is 11.2. The maximum Gasteiger partial charge on any atom is 0.230 e. The number of hydrogen-bond acceptors (Lipinski definition) is 6. The fourth-order valence-corrected chi connectivity index (χ4v) is 4.61. The van der Waals surface area contributed by atoms with E-state index >= 15 is 0 Å². The second-order valence-corrected chi connectivity index (χ2v) is 9.29. The highest BCUT2D eigenvalue weighted by atomic mass is 32.2. The van der Waals surface area contributed by atoms with Crippen LogP contribution in [0.2, 0.25) is 0 Å². The molecular weight excluding hydrogens is 407 g/mol. The molecule has 150 valence electrons.